The van der Waals surface area contributed by atoms with Crippen LogP contribution in [0.25, 0.3) is 0 Å². The maximum Gasteiger partial charge on any atom is 0.255 e. The van der Waals surface area contributed by atoms with Crippen LogP contribution in [0.4, 0.5) is 5.69 Å². The number of hydrogen-bond acceptors (Lipinski definition) is 2. The molecule has 0 bridgehead atoms. The molecule has 4 heteroatoms. The van der Waals surface area contributed by atoms with Gasteiger partial charge in [-0.1, -0.05) is 28.1 Å². The number of aryl methyl sites for hydroxylation is 1. The zero-order valence-electron chi connectivity index (χ0n) is 11.4. The molecule has 0 aliphatic carbocycles. The molecule has 0 saturated carbocycles. The highest BCUT2D eigenvalue weighted by molar-refractivity contribution is 9.10. The molecule has 0 aromatic heterocycles. The molecule has 0 aliphatic rings. The zero-order valence-corrected chi connectivity index (χ0v) is 13.0. The van der Waals surface area contributed by atoms with Gasteiger partial charge in [-0.15, -0.1) is 0 Å². The summed E-state index contributed by atoms with van der Waals surface area (Å²) >= 11 is 3.43. The molecule has 0 unspecified atom stereocenters. The van der Waals surface area contributed by atoms with Crippen LogP contribution in [0.1, 0.15) is 21.5 Å². The van der Waals surface area contributed by atoms with Crippen LogP contribution >= 0.6 is 15.9 Å². The van der Waals surface area contributed by atoms with Crippen LogP contribution in [0.2, 0.25) is 0 Å². The minimum absolute atomic E-state index is 0.116. The SMILES string of the molecule is COCc1cccc(NC(=O)c2ccc(Br)c(C)c2)c1. The molecule has 0 radical (unpaired) electrons. The molecule has 1 amide bonds. The van der Waals surface area contributed by atoms with Gasteiger partial charge in [-0.25, -0.2) is 0 Å². The van der Waals surface area contributed by atoms with Crippen LogP contribution in [0.3, 0.4) is 0 Å². The number of rotatable bonds is 4. The Morgan fingerprint density at radius 2 is 2.05 bits per heavy atom. The third-order valence-electron chi connectivity index (χ3n) is 2.92. The van der Waals surface area contributed by atoms with Gasteiger partial charge < -0.3 is 10.1 Å². The minimum Gasteiger partial charge on any atom is -0.380 e. The molecule has 0 atom stereocenters. The number of methoxy groups -OCH3 is 1. The molecule has 3 nitrogen and oxygen atoms in total. The molecule has 20 heavy (non-hydrogen) atoms. The van der Waals surface area contributed by atoms with Crippen LogP contribution in [-0.4, -0.2) is 13.0 Å². The van der Waals surface area contributed by atoms with Crippen molar-refractivity contribution in [1.82, 2.24) is 0 Å². The fraction of sp³-hybridized carbons (Fsp3) is 0.188. The maximum absolute atomic E-state index is 12.2. The van der Waals surface area contributed by atoms with Gasteiger partial charge >= 0.3 is 0 Å². The summed E-state index contributed by atoms with van der Waals surface area (Å²) in [5.41, 5.74) is 3.47. The summed E-state index contributed by atoms with van der Waals surface area (Å²) in [5, 5.41) is 2.89. The van der Waals surface area contributed by atoms with Crippen molar-refractivity contribution in [2.45, 2.75) is 13.5 Å². The number of benzene rings is 2. The van der Waals surface area contributed by atoms with Crippen molar-refractivity contribution >= 4 is 27.5 Å². The number of amides is 1. The molecule has 2 aromatic carbocycles. The summed E-state index contributed by atoms with van der Waals surface area (Å²) in [6.45, 7) is 2.49. The number of nitrogens with one attached hydrogen (secondary N) is 1. The lowest BCUT2D eigenvalue weighted by molar-refractivity contribution is 0.102. The second-order valence-corrected chi connectivity index (χ2v) is 5.41. The highest BCUT2D eigenvalue weighted by atomic mass is 79.9. The lowest BCUT2D eigenvalue weighted by Crippen LogP contribution is -2.12. The molecular weight excluding hydrogens is 318 g/mol. The Kier molecular flexibility index (Phi) is 4.93. The summed E-state index contributed by atoms with van der Waals surface area (Å²) in [6.07, 6.45) is 0. The quantitative estimate of drug-likeness (QED) is 0.912. The number of hydrogen-bond donors (Lipinski definition) is 1. The van der Waals surface area contributed by atoms with Gasteiger partial charge in [0.05, 0.1) is 6.61 Å². The summed E-state index contributed by atoms with van der Waals surface area (Å²) < 4.78 is 6.08. The maximum atomic E-state index is 12.2. The summed E-state index contributed by atoms with van der Waals surface area (Å²) in [7, 11) is 1.65. The molecule has 0 fully saturated rings. The first-order valence-corrected chi connectivity index (χ1v) is 7.05. The first kappa shape index (κ1) is 14.8. The van der Waals surface area contributed by atoms with E-state index in [1.807, 2.05) is 43.3 Å². The van der Waals surface area contributed by atoms with Gasteiger partial charge in [0, 0.05) is 22.8 Å². The number of carbonyl (C=O) groups is 1. The Balaban J connectivity index is 2.14. The van der Waals surface area contributed by atoms with E-state index in [-0.39, 0.29) is 5.91 Å². The first-order chi connectivity index (χ1) is 9.60. The van der Waals surface area contributed by atoms with Gasteiger partial charge in [-0.2, -0.15) is 0 Å². The average molecular weight is 334 g/mol. The highest BCUT2D eigenvalue weighted by Gasteiger charge is 2.07. The van der Waals surface area contributed by atoms with Crippen LogP contribution in [0, 0.1) is 6.92 Å². The fourth-order valence-corrected chi connectivity index (χ4v) is 2.14. The van der Waals surface area contributed by atoms with E-state index in [0.29, 0.717) is 12.2 Å². The van der Waals surface area contributed by atoms with Gasteiger partial charge in [0.25, 0.3) is 5.91 Å². The van der Waals surface area contributed by atoms with Crippen LogP contribution in [0.5, 0.6) is 0 Å². The topological polar surface area (TPSA) is 38.3 Å². The van der Waals surface area contributed by atoms with Crippen LogP contribution < -0.4 is 5.32 Å². The molecule has 2 rings (SSSR count). The molecule has 104 valence electrons. The number of halogens is 1. The fourth-order valence-electron chi connectivity index (χ4n) is 1.89. The molecule has 0 aliphatic heterocycles. The molecule has 0 saturated heterocycles. The van der Waals surface area contributed by atoms with Gasteiger partial charge in [0.1, 0.15) is 0 Å². The van der Waals surface area contributed by atoms with Gasteiger partial charge in [-0.05, 0) is 48.4 Å². The molecular formula is C16H16BrNO2. The van der Waals surface area contributed by atoms with E-state index in [1.165, 1.54) is 0 Å². The monoisotopic (exact) mass is 333 g/mol. The normalized spacial score (nSPS) is 10.3. The smallest absolute Gasteiger partial charge is 0.255 e. The van der Waals surface area contributed by atoms with Crippen molar-refractivity contribution < 1.29 is 9.53 Å². The predicted octanol–water partition coefficient (Wildman–Crippen LogP) is 4.16. The minimum atomic E-state index is -0.116. The predicted molar refractivity (Wildman–Crippen MR) is 84.0 cm³/mol. The first-order valence-electron chi connectivity index (χ1n) is 6.25. The van der Waals surface area contributed by atoms with Crippen molar-refractivity contribution in [3.05, 3.63) is 63.6 Å². The third-order valence-corrected chi connectivity index (χ3v) is 3.81. The number of anilines is 1. The zero-order chi connectivity index (χ0) is 14.5. The molecule has 0 spiro atoms. The van der Waals surface area contributed by atoms with E-state index in [0.717, 1.165) is 21.3 Å². The second-order valence-electron chi connectivity index (χ2n) is 4.55. The Labute approximate surface area is 127 Å². The largest absolute Gasteiger partial charge is 0.380 e. The Morgan fingerprint density at radius 1 is 1.25 bits per heavy atom. The summed E-state index contributed by atoms with van der Waals surface area (Å²) in [4.78, 5) is 12.2. The third kappa shape index (κ3) is 3.68. The van der Waals surface area contributed by atoms with Gasteiger partial charge in [-0.3, -0.25) is 4.79 Å². The van der Waals surface area contributed by atoms with Crippen molar-refractivity contribution in [2.24, 2.45) is 0 Å². The number of carbonyl (C=O) groups excluding carboxylic acids is 1. The van der Waals surface area contributed by atoms with E-state index >= 15 is 0 Å². The Hall–Kier alpha value is -1.65. The van der Waals surface area contributed by atoms with E-state index in [1.54, 1.807) is 13.2 Å². The van der Waals surface area contributed by atoms with Gasteiger partial charge in [0.15, 0.2) is 0 Å². The summed E-state index contributed by atoms with van der Waals surface area (Å²) in [5.74, 6) is -0.116. The summed E-state index contributed by atoms with van der Waals surface area (Å²) in [6, 6.07) is 13.2. The van der Waals surface area contributed by atoms with Crippen molar-refractivity contribution in [3.63, 3.8) is 0 Å². The molecule has 0 heterocycles. The highest BCUT2D eigenvalue weighted by Crippen LogP contribution is 2.18. The standard InChI is InChI=1S/C16H16BrNO2/c1-11-8-13(6-7-15(11)17)16(19)18-14-5-3-4-12(9-14)10-20-2/h3-9H,10H2,1-2H3,(H,18,19). The second kappa shape index (κ2) is 6.68. The van der Waals surface area contributed by atoms with Gasteiger partial charge in [0.2, 0.25) is 0 Å². The molecule has 2 aromatic rings. The van der Waals surface area contributed by atoms with Crippen molar-refractivity contribution in [1.29, 1.82) is 0 Å². The van der Waals surface area contributed by atoms with E-state index in [4.69, 9.17) is 4.74 Å². The number of ether oxygens (including phenoxy) is 1. The Bertz CT molecular complexity index is 626. The average Bonchev–Trinajstić information content (AvgIpc) is 2.42. The lowest BCUT2D eigenvalue weighted by Gasteiger charge is -2.08. The van der Waals surface area contributed by atoms with Crippen molar-refractivity contribution in [3.8, 4) is 0 Å². The lowest BCUT2D eigenvalue weighted by atomic mass is 10.1. The van der Waals surface area contributed by atoms with E-state index in [2.05, 4.69) is 21.2 Å². The van der Waals surface area contributed by atoms with Crippen LogP contribution in [0.15, 0.2) is 46.9 Å². The van der Waals surface area contributed by atoms with E-state index in [9.17, 15) is 4.79 Å². The Morgan fingerprint density at radius 3 is 2.75 bits per heavy atom. The van der Waals surface area contributed by atoms with Crippen molar-refractivity contribution in [2.75, 3.05) is 12.4 Å². The molecule has 1 N–H and O–H groups in total. The van der Waals surface area contributed by atoms with Crippen LogP contribution in [-0.2, 0) is 11.3 Å². The van der Waals surface area contributed by atoms with E-state index < -0.39 is 0 Å².